The van der Waals surface area contributed by atoms with Crippen LogP contribution < -0.4 is 0 Å². The van der Waals surface area contributed by atoms with Crippen molar-refractivity contribution in [3.8, 4) is 5.75 Å². The van der Waals surface area contributed by atoms with Crippen molar-refractivity contribution in [3.05, 3.63) is 78.1 Å². The normalized spacial score (nSPS) is 13.1. The quantitative estimate of drug-likeness (QED) is 0.581. The first-order valence-corrected chi connectivity index (χ1v) is 6.65. The van der Waals surface area contributed by atoms with E-state index in [1.54, 1.807) is 30.4 Å². The van der Waals surface area contributed by atoms with E-state index in [9.17, 15) is 10.2 Å². The van der Waals surface area contributed by atoms with E-state index in [1.165, 1.54) is 0 Å². The number of rotatable bonds is 6. The van der Waals surface area contributed by atoms with Gasteiger partial charge in [-0.05, 0) is 28.7 Å². The average molecular weight is 270 g/mol. The molecule has 1 rings (SSSR count). The number of phenolic OH excluding ortho intramolecular Hbond substituents is 1. The van der Waals surface area contributed by atoms with E-state index in [-0.39, 0.29) is 17.4 Å². The molecule has 106 valence electrons. The number of benzene rings is 1. The minimum atomic E-state index is 0.171. The van der Waals surface area contributed by atoms with Gasteiger partial charge in [0.1, 0.15) is 11.5 Å². The number of hydrogen-bond donors (Lipinski definition) is 2. The molecule has 1 aromatic carbocycles. The van der Waals surface area contributed by atoms with E-state index in [0.29, 0.717) is 12.0 Å². The number of aliphatic hydroxyl groups is 1. The van der Waals surface area contributed by atoms with Crippen LogP contribution in [0.3, 0.4) is 0 Å². The summed E-state index contributed by atoms with van der Waals surface area (Å²) in [6, 6.07) is 7.11. The number of para-hydroxylation sites is 1. The number of hydrogen-bond acceptors (Lipinski definition) is 2. The number of allylic oxidation sites excluding steroid dienone is 5. The zero-order chi connectivity index (χ0) is 15.1. The van der Waals surface area contributed by atoms with Crippen LogP contribution >= 0.6 is 0 Å². The molecule has 0 aliphatic heterocycles. The Kier molecular flexibility index (Phi) is 5.85. The summed E-state index contributed by atoms with van der Waals surface area (Å²) in [7, 11) is 0. The van der Waals surface area contributed by atoms with Gasteiger partial charge in [-0.25, -0.2) is 0 Å². The summed E-state index contributed by atoms with van der Waals surface area (Å²) in [4.78, 5) is 0. The smallest absolute Gasteiger partial charge is 0.122 e. The highest BCUT2D eigenvalue weighted by Crippen LogP contribution is 2.26. The van der Waals surface area contributed by atoms with Crippen molar-refractivity contribution >= 4 is 0 Å². The van der Waals surface area contributed by atoms with Crippen LogP contribution in [0, 0.1) is 5.92 Å². The molecule has 1 aromatic rings. The number of aliphatic hydroxyl groups excluding tert-OH is 1. The summed E-state index contributed by atoms with van der Waals surface area (Å²) in [5.41, 5.74) is 2.26. The van der Waals surface area contributed by atoms with E-state index in [0.717, 1.165) is 11.1 Å². The molecule has 0 saturated heterocycles. The minimum Gasteiger partial charge on any atom is -0.508 e. The van der Waals surface area contributed by atoms with Gasteiger partial charge in [0, 0.05) is 6.42 Å². The standard InChI is InChI=1S/C18H22O2/c1-5-9-15(18(20)16(6-2)13(3)4)12-14-10-7-8-11-17(14)19/h5-11,13,19-20H,1-2,12H2,3-4H3/b15-9-,18-16-. The van der Waals surface area contributed by atoms with Gasteiger partial charge in [0.2, 0.25) is 0 Å². The van der Waals surface area contributed by atoms with E-state index >= 15 is 0 Å². The molecule has 2 N–H and O–H groups in total. The lowest BCUT2D eigenvalue weighted by Crippen LogP contribution is -2.02. The van der Waals surface area contributed by atoms with Crippen LogP contribution in [0.1, 0.15) is 19.4 Å². The topological polar surface area (TPSA) is 40.5 Å². The maximum atomic E-state index is 10.4. The summed E-state index contributed by atoms with van der Waals surface area (Å²) in [6.45, 7) is 11.4. The van der Waals surface area contributed by atoms with Crippen LogP contribution in [0.2, 0.25) is 0 Å². The van der Waals surface area contributed by atoms with E-state index in [2.05, 4.69) is 13.2 Å². The summed E-state index contributed by atoms with van der Waals surface area (Å²) < 4.78 is 0. The molecule has 0 bridgehead atoms. The molecule has 0 unspecified atom stereocenters. The molecular weight excluding hydrogens is 248 g/mol. The first-order chi connectivity index (χ1) is 9.51. The molecule has 0 aromatic heterocycles. The van der Waals surface area contributed by atoms with Gasteiger partial charge >= 0.3 is 0 Å². The molecule has 0 heterocycles. The van der Waals surface area contributed by atoms with Crippen LogP contribution in [0.15, 0.2) is 72.6 Å². The molecule has 0 fully saturated rings. The maximum absolute atomic E-state index is 10.4. The molecule has 0 amide bonds. The molecule has 0 aliphatic carbocycles. The molecule has 0 saturated carbocycles. The lowest BCUT2D eigenvalue weighted by molar-refractivity contribution is 0.407. The van der Waals surface area contributed by atoms with E-state index in [4.69, 9.17) is 0 Å². The zero-order valence-electron chi connectivity index (χ0n) is 12.1. The van der Waals surface area contributed by atoms with Crippen molar-refractivity contribution in [2.75, 3.05) is 0 Å². The lowest BCUT2D eigenvalue weighted by Gasteiger charge is -2.14. The molecule has 0 atom stereocenters. The third-order valence-corrected chi connectivity index (χ3v) is 3.11. The molecular formula is C18H22O2. The number of phenols is 1. The summed E-state index contributed by atoms with van der Waals surface area (Å²) in [5, 5.41) is 20.3. The van der Waals surface area contributed by atoms with Crippen LogP contribution in [0.25, 0.3) is 0 Å². The first kappa shape index (κ1) is 15.8. The van der Waals surface area contributed by atoms with Gasteiger partial charge in [0.05, 0.1) is 0 Å². The Bertz CT molecular complexity index is 548. The fourth-order valence-corrected chi connectivity index (χ4v) is 2.02. The van der Waals surface area contributed by atoms with Crippen molar-refractivity contribution in [1.29, 1.82) is 0 Å². The Balaban J connectivity index is 3.20. The monoisotopic (exact) mass is 270 g/mol. The van der Waals surface area contributed by atoms with Crippen molar-refractivity contribution < 1.29 is 10.2 Å². The first-order valence-electron chi connectivity index (χ1n) is 6.65. The Morgan fingerprint density at radius 1 is 1.25 bits per heavy atom. The second-order valence-corrected chi connectivity index (χ2v) is 4.90. The molecule has 2 heteroatoms. The van der Waals surface area contributed by atoms with Gasteiger partial charge < -0.3 is 10.2 Å². The average Bonchev–Trinajstić information content (AvgIpc) is 2.40. The highest BCUT2D eigenvalue weighted by atomic mass is 16.3. The van der Waals surface area contributed by atoms with Crippen molar-refractivity contribution in [2.24, 2.45) is 5.92 Å². The summed E-state index contributed by atoms with van der Waals surface area (Å²) >= 11 is 0. The van der Waals surface area contributed by atoms with Crippen LogP contribution in [-0.4, -0.2) is 10.2 Å². The van der Waals surface area contributed by atoms with Gasteiger partial charge in [-0.1, -0.05) is 63.4 Å². The molecule has 0 radical (unpaired) electrons. The van der Waals surface area contributed by atoms with Gasteiger partial charge in [0.25, 0.3) is 0 Å². The number of aromatic hydroxyl groups is 1. The summed E-state index contributed by atoms with van der Waals surface area (Å²) in [6.07, 6.45) is 5.50. The van der Waals surface area contributed by atoms with Crippen LogP contribution in [-0.2, 0) is 6.42 Å². The Morgan fingerprint density at radius 2 is 1.90 bits per heavy atom. The van der Waals surface area contributed by atoms with Gasteiger partial charge in [-0.3, -0.25) is 0 Å². The fourth-order valence-electron chi connectivity index (χ4n) is 2.02. The predicted molar refractivity (Wildman–Crippen MR) is 84.8 cm³/mol. The molecule has 0 aliphatic rings. The van der Waals surface area contributed by atoms with Gasteiger partial charge in [-0.2, -0.15) is 0 Å². The minimum absolute atomic E-state index is 0.171. The summed E-state index contributed by atoms with van der Waals surface area (Å²) in [5.74, 6) is 0.600. The second-order valence-electron chi connectivity index (χ2n) is 4.90. The fraction of sp³-hybridized carbons (Fsp3) is 0.222. The largest absolute Gasteiger partial charge is 0.508 e. The maximum Gasteiger partial charge on any atom is 0.122 e. The Morgan fingerprint density at radius 3 is 2.40 bits per heavy atom. The van der Waals surface area contributed by atoms with Crippen LogP contribution in [0.5, 0.6) is 5.75 Å². The third-order valence-electron chi connectivity index (χ3n) is 3.11. The van der Waals surface area contributed by atoms with Crippen molar-refractivity contribution in [1.82, 2.24) is 0 Å². The van der Waals surface area contributed by atoms with Crippen LogP contribution in [0.4, 0.5) is 0 Å². The highest BCUT2D eigenvalue weighted by Gasteiger charge is 2.13. The van der Waals surface area contributed by atoms with E-state index in [1.807, 2.05) is 26.0 Å². The van der Waals surface area contributed by atoms with Crippen molar-refractivity contribution in [2.45, 2.75) is 20.3 Å². The molecule has 2 nitrogen and oxygen atoms in total. The lowest BCUT2D eigenvalue weighted by atomic mass is 9.94. The molecule has 0 spiro atoms. The second kappa shape index (κ2) is 7.39. The highest BCUT2D eigenvalue weighted by molar-refractivity contribution is 5.43. The Labute approximate surface area is 121 Å². The molecule has 20 heavy (non-hydrogen) atoms. The Hall–Kier alpha value is -2.22. The van der Waals surface area contributed by atoms with Gasteiger partial charge in [-0.15, -0.1) is 0 Å². The van der Waals surface area contributed by atoms with Gasteiger partial charge in [0.15, 0.2) is 0 Å². The van der Waals surface area contributed by atoms with Crippen molar-refractivity contribution in [3.63, 3.8) is 0 Å². The van der Waals surface area contributed by atoms with E-state index < -0.39 is 0 Å². The predicted octanol–water partition coefficient (Wildman–Crippen LogP) is 4.70. The zero-order valence-corrected chi connectivity index (χ0v) is 12.1. The third kappa shape index (κ3) is 3.89. The SMILES string of the molecule is C=C/C=C(Cc1ccccc1O)\C(O)=C(/C=C)C(C)C.